The number of hydrogen-bond acceptors (Lipinski definition) is 3. The molecule has 0 aromatic heterocycles. The highest BCUT2D eigenvalue weighted by Crippen LogP contribution is 2.16. The molecule has 4 nitrogen and oxygen atoms in total. The first-order valence-electron chi connectivity index (χ1n) is 4.75. The molecule has 0 saturated carbocycles. The third-order valence-electron chi connectivity index (χ3n) is 2.55. The maximum atomic E-state index is 11.4. The first-order chi connectivity index (χ1) is 6.24. The minimum absolute atomic E-state index is 0.0781. The first-order valence-corrected chi connectivity index (χ1v) is 4.75. The molecule has 0 bridgehead atoms. The Morgan fingerprint density at radius 2 is 2.15 bits per heavy atom. The zero-order valence-corrected chi connectivity index (χ0v) is 8.38. The van der Waals surface area contributed by atoms with E-state index in [-0.39, 0.29) is 5.91 Å². The lowest BCUT2D eigenvalue weighted by atomic mass is 9.94. The van der Waals surface area contributed by atoms with Crippen molar-refractivity contribution in [3.63, 3.8) is 0 Å². The van der Waals surface area contributed by atoms with E-state index in [0.717, 1.165) is 25.9 Å². The predicted octanol–water partition coefficient (Wildman–Crippen LogP) is 0.396. The number of hydrogen-bond donors (Lipinski definition) is 1. The number of nitrogens with zero attached hydrogens (tertiary/aromatic N) is 1. The normalized spacial score (nSPS) is 18.6. The third kappa shape index (κ3) is 3.32. The molecule has 0 radical (unpaired) electrons. The van der Waals surface area contributed by atoms with E-state index in [4.69, 9.17) is 4.84 Å². The fourth-order valence-corrected chi connectivity index (χ4v) is 1.56. The van der Waals surface area contributed by atoms with Crippen molar-refractivity contribution in [1.29, 1.82) is 0 Å². The van der Waals surface area contributed by atoms with E-state index in [1.165, 1.54) is 12.2 Å². The topological polar surface area (TPSA) is 41.6 Å². The Kier molecular flexibility index (Phi) is 4.18. The number of amides is 1. The van der Waals surface area contributed by atoms with Crippen molar-refractivity contribution in [2.75, 3.05) is 27.2 Å². The number of piperidine rings is 1. The van der Waals surface area contributed by atoms with E-state index in [2.05, 4.69) is 5.32 Å². The summed E-state index contributed by atoms with van der Waals surface area (Å²) >= 11 is 0. The number of rotatable bonds is 3. The summed E-state index contributed by atoms with van der Waals surface area (Å²) < 4.78 is 0. The molecule has 1 aliphatic heterocycles. The van der Waals surface area contributed by atoms with Gasteiger partial charge in [-0.15, -0.1) is 0 Å². The van der Waals surface area contributed by atoms with Gasteiger partial charge in [-0.25, -0.2) is 5.06 Å². The van der Waals surface area contributed by atoms with Crippen molar-refractivity contribution >= 4 is 5.91 Å². The molecule has 1 heterocycles. The molecular formula is C9H18N2O2. The lowest BCUT2D eigenvalue weighted by Gasteiger charge is -2.23. The summed E-state index contributed by atoms with van der Waals surface area (Å²) in [4.78, 5) is 16.2. The molecular weight excluding hydrogens is 168 g/mol. The Labute approximate surface area is 79.2 Å². The van der Waals surface area contributed by atoms with Gasteiger partial charge in [-0.05, 0) is 31.8 Å². The van der Waals surface area contributed by atoms with Crippen molar-refractivity contribution in [3.8, 4) is 0 Å². The van der Waals surface area contributed by atoms with Crippen LogP contribution in [0.5, 0.6) is 0 Å². The number of hydroxylamine groups is 2. The van der Waals surface area contributed by atoms with Gasteiger partial charge in [0.25, 0.3) is 0 Å². The second-order valence-corrected chi connectivity index (χ2v) is 3.47. The van der Waals surface area contributed by atoms with Crippen LogP contribution >= 0.6 is 0 Å². The van der Waals surface area contributed by atoms with E-state index in [1.807, 2.05) is 0 Å². The molecule has 1 N–H and O–H groups in total. The van der Waals surface area contributed by atoms with Crippen molar-refractivity contribution in [1.82, 2.24) is 10.4 Å². The van der Waals surface area contributed by atoms with Crippen LogP contribution < -0.4 is 5.32 Å². The van der Waals surface area contributed by atoms with Gasteiger partial charge < -0.3 is 5.32 Å². The first kappa shape index (κ1) is 10.5. The third-order valence-corrected chi connectivity index (χ3v) is 2.55. The summed E-state index contributed by atoms with van der Waals surface area (Å²) in [7, 11) is 3.17. The zero-order chi connectivity index (χ0) is 9.68. The highest BCUT2D eigenvalue weighted by Gasteiger charge is 2.18. The van der Waals surface area contributed by atoms with Gasteiger partial charge in [0.05, 0.1) is 7.11 Å². The Morgan fingerprint density at radius 1 is 1.54 bits per heavy atom. The molecule has 76 valence electrons. The fraction of sp³-hybridized carbons (Fsp3) is 0.889. The zero-order valence-electron chi connectivity index (χ0n) is 8.38. The number of carbonyl (C=O) groups is 1. The standard InChI is InChI=1S/C9H18N2O2/c1-11(13-2)9(12)7-8-3-5-10-6-4-8/h8,10H,3-7H2,1-2H3. The largest absolute Gasteiger partial charge is 0.317 e. The van der Waals surface area contributed by atoms with Crippen LogP contribution in [0.4, 0.5) is 0 Å². The molecule has 0 atom stereocenters. The fourth-order valence-electron chi connectivity index (χ4n) is 1.56. The van der Waals surface area contributed by atoms with Crippen LogP contribution in [0.15, 0.2) is 0 Å². The summed E-state index contributed by atoms with van der Waals surface area (Å²) in [6, 6.07) is 0. The summed E-state index contributed by atoms with van der Waals surface area (Å²) in [5, 5.41) is 4.58. The van der Waals surface area contributed by atoms with Gasteiger partial charge in [-0.2, -0.15) is 0 Å². The maximum absolute atomic E-state index is 11.4. The van der Waals surface area contributed by atoms with Crippen LogP contribution in [0.1, 0.15) is 19.3 Å². The second-order valence-electron chi connectivity index (χ2n) is 3.47. The van der Waals surface area contributed by atoms with Gasteiger partial charge in [0, 0.05) is 13.5 Å². The van der Waals surface area contributed by atoms with Crippen LogP contribution in [-0.2, 0) is 9.63 Å². The van der Waals surface area contributed by atoms with Crippen LogP contribution in [0.3, 0.4) is 0 Å². The molecule has 0 unspecified atom stereocenters. The molecule has 1 aliphatic rings. The molecule has 0 aromatic rings. The molecule has 1 rings (SSSR count). The van der Waals surface area contributed by atoms with Crippen molar-refractivity contribution < 1.29 is 9.63 Å². The smallest absolute Gasteiger partial charge is 0.246 e. The van der Waals surface area contributed by atoms with Gasteiger partial charge in [-0.1, -0.05) is 0 Å². The summed E-state index contributed by atoms with van der Waals surface area (Å²) in [6.45, 7) is 2.07. The van der Waals surface area contributed by atoms with E-state index in [0.29, 0.717) is 12.3 Å². The molecule has 0 aromatic carbocycles. The minimum atomic E-state index is 0.0781. The van der Waals surface area contributed by atoms with E-state index in [1.54, 1.807) is 7.05 Å². The Bertz CT molecular complexity index is 167. The quantitative estimate of drug-likeness (QED) is 0.648. The van der Waals surface area contributed by atoms with Gasteiger partial charge >= 0.3 is 0 Å². The Morgan fingerprint density at radius 3 is 2.69 bits per heavy atom. The van der Waals surface area contributed by atoms with Crippen LogP contribution in [0.2, 0.25) is 0 Å². The SMILES string of the molecule is CON(C)C(=O)CC1CCNCC1. The summed E-state index contributed by atoms with van der Waals surface area (Å²) in [5.74, 6) is 0.612. The molecule has 1 amide bonds. The molecule has 1 saturated heterocycles. The number of carbonyl (C=O) groups excluding carboxylic acids is 1. The predicted molar refractivity (Wildman–Crippen MR) is 50.0 cm³/mol. The van der Waals surface area contributed by atoms with Crippen LogP contribution in [-0.4, -0.2) is 38.2 Å². The van der Waals surface area contributed by atoms with Gasteiger partial charge in [0.1, 0.15) is 0 Å². The van der Waals surface area contributed by atoms with Crippen molar-refractivity contribution in [3.05, 3.63) is 0 Å². The van der Waals surface area contributed by atoms with Gasteiger partial charge in [-0.3, -0.25) is 9.63 Å². The van der Waals surface area contributed by atoms with Crippen molar-refractivity contribution in [2.24, 2.45) is 5.92 Å². The molecule has 13 heavy (non-hydrogen) atoms. The van der Waals surface area contributed by atoms with E-state index < -0.39 is 0 Å². The molecule has 0 aliphatic carbocycles. The molecule has 0 spiro atoms. The highest BCUT2D eigenvalue weighted by atomic mass is 16.7. The van der Waals surface area contributed by atoms with Crippen molar-refractivity contribution in [2.45, 2.75) is 19.3 Å². The molecule has 1 fully saturated rings. The number of nitrogens with one attached hydrogen (secondary N) is 1. The lowest BCUT2D eigenvalue weighted by Crippen LogP contribution is -2.32. The van der Waals surface area contributed by atoms with E-state index in [9.17, 15) is 4.79 Å². The Balaban J connectivity index is 2.26. The highest BCUT2D eigenvalue weighted by molar-refractivity contribution is 5.75. The van der Waals surface area contributed by atoms with Crippen LogP contribution in [0, 0.1) is 5.92 Å². The summed E-state index contributed by atoms with van der Waals surface area (Å²) in [5.41, 5.74) is 0. The maximum Gasteiger partial charge on any atom is 0.246 e. The average molecular weight is 186 g/mol. The minimum Gasteiger partial charge on any atom is -0.317 e. The van der Waals surface area contributed by atoms with Gasteiger partial charge in [0.15, 0.2) is 0 Å². The second kappa shape index (κ2) is 5.19. The summed E-state index contributed by atoms with van der Waals surface area (Å²) in [6.07, 6.45) is 2.82. The van der Waals surface area contributed by atoms with E-state index >= 15 is 0 Å². The Hall–Kier alpha value is -0.610. The molecule has 4 heteroatoms. The lowest BCUT2D eigenvalue weighted by molar-refractivity contribution is -0.169. The monoisotopic (exact) mass is 186 g/mol. The van der Waals surface area contributed by atoms with Crippen LogP contribution in [0.25, 0.3) is 0 Å². The van der Waals surface area contributed by atoms with Gasteiger partial charge in [0.2, 0.25) is 5.91 Å². The average Bonchev–Trinajstić information content (AvgIpc) is 2.18.